The molecule has 0 amide bonds. The fourth-order valence-electron chi connectivity index (χ4n) is 0.694. The molecule has 0 N–H and O–H groups in total. The van der Waals surface area contributed by atoms with Gasteiger partial charge in [-0.1, -0.05) is 5.70 Å². The van der Waals surface area contributed by atoms with Crippen LogP contribution >= 0.6 is 0 Å². The zero-order valence-electron chi connectivity index (χ0n) is 7.83. The van der Waals surface area contributed by atoms with Gasteiger partial charge in [-0.05, 0) is 0 Å². The molecule has 0 radical (unpaired) electrons. The largest absolute Gasteiger partial charge is 0.411 e. The summed E-state index contributed by atoms with van der Waals surface area (Å²) in [4.78, 5) is 0. The fourth-order valence-corrected chi connectivity index (χ4v) is 1.23. The molecule has 5 heteroatoms. The molecule has 0 aliphatic rings. The molecule has 0 aliphatic carbocycles. The zero-order chi connectivity index (χ0) is 9.45. The minimum absolute atomic E-state index is 0.273. The third-order valence-electron chi connectivity index (χ3n) is 1.45. The van der Waals surface area contributed by atoms with Gasteiger partial charge in [-0.25, -0.2) is 0 Å². The summed E-state index contributed by atoms with van der Waals surface area (Å²) in [6.45, 7) is 3.84. The topological polar surface area (TPSA) is 36.9 Å². The Kier molecular flexibility index (Phi) is 6.22. The highest BCUT2D eigenvalue weighted by Gasteiger charge is 2.29. The van der Waals surface area contributed by atoms with Crippen molar-refractivity contribution in [1.82, 2.24) is 0 Å². The van der Waals surface area contributed by atoms with Crippen molar-refractivity contribution < 1.29 is 18.6 Å². The molecule has 0 aromatic carbocycles. The number of ether oxygens (including phenoxy) is 3. The van der Waals surface area contributed by atoms with Crippen LogP contribution in [0.4, 0.5) is 0 Å². The van der Waals surface area contributed by atoms with Gasteiger partial charge in [-0.2, -0.15) is 0 Å². The molecule has 0 aliphatic heterocycles. The number of hydrogen-bond acceptors (Lipinski definition) is 4. The first-order valence-corrected chi connectivity index (χ1v) is 4.98. The van der Waals surface area contributed by atoms with E-state index >= 15 is 0 Å². The number of rotatable bonds is 7. The van der Waals surface area contributed by atoms with Crippen LogP contribution in [0.2, 0.25) is 0 Å². The van der Waals surface area contributed by atoms with Crippen molar-refractivity contribution in [2.24, 2.45) is 0 Å². The van der Waals surface area contributed by atoms with E-state index in [1.54, 1.807) is 5.70 Å². The van der Waals surface area contributed by atoms with Crippen LogP contribution in [0.1, 0.15) is 0 Å². The molecule has 0 unspecified atom stereocenters. The monoisotopic (exact) mass is 192 g/mol. The van der Waals surface area contributed by atoms with Crippen molar-refractivity contribution in [3.8, 4) is 0 Å². The van der Waals surface area contributed by atoms with Gasteiger partial charge >= 0.3 is 5.97 Å². The Morgan fingerprint density at radius 2 is 1.75 bits per heavy atom. The van der Waals surface area contributed by atoms with Crippen LogP contribution in [0.15, 0.2) is 12.3 Å². The first-order valence-electron chi connectivity index (χ1n) is 3.58. The summed E-state index contributed by atoms with van der Waals surface area (Å²) in [5.74, 6) is -1.06. The maximum Gasteiger partial charge on any atom is 0.305 e. The molecule has 72 valence electrons. The van der Waals surface area contributed by atoms with E-state index in [2.05, 4.69) is 6.58 Å². The second-order valence-corrected chi connectivity index (χ2v) is 3.42. The lowest BCUT2D eigenvalue weighted by Crippen LogP contribution is -2.41. The minimum atomic E-state index is -1.06. The van der Waals surface area contributed by atoms with Crippen LogP contribution in [-0.2, 0) is 18.6 Å². The van der Waals surface area contributed by atoms with Crippen molar-refractivity contribution in [2.75, 3.05) is 27.9 Å². The molecular formula is C7H16O4Si. The molecule has 0 atom stereocenters. The lowest BCUT2D eigenvalue weighted by molar-refractivity contribution is -0.361. The molecule has 12 heavy (non-hydrogen) atoms. The quantitative estimate of drug-likeness (QED) is 0.319. The Morgan fingerprint density at radius 1 is 1.25 bits per heavy atom. The Bertz CT molecular complexity index is 116. The summed E-state index contributed by atoms with van der Waals surface area (Å²) in [6.07, 6.45) is 0. The summed E-state index contributed by atoms with van der Waals surface area (Å²) in [6, 6.07) is 0. The van der Waals surface area contributed by atoms with Crippen molar-refractivity contribution in [3.63, 3.8) is 0 Å². The van der Waals surface area contributed by atoms with Gasteiger partial charge in [0.2, 0.25) is 0 Å². The standard InChI is InChI=1S/C7H16O4Si/c1-5-12-11-6-7(8-2,9-3)10-4/h5H,1,6,12H2,2-4H3. The summed E-state index contributed by atoms with van der Waals surface area (Å²) in [5, 5.41) is 0. The summed E-state index contributed by atoms with van der Waals surface area (Å²) in [5.41, 5.74) is 1.78. The summed E-state index contributed by atoms with van der Waals surface area (Å²) >= 11 is 0. The normalized spacial score (nSPS) is 12.6. The first-order chi connectivity index (χ1) is 5.74. The molecular weight excluding hydrogens is 176 g/mol. The van der Waals surface area contributed by atoms with E-state index in [1.165, 1.54) is 21.3 Å². The van der Waals surface area contributed by atoms with Crippen LogP contribution < -0.4 is 0 Å². The van der Waals surface area contributed by atoms with Crippen LogP contribution in [0.5, 0.6) is 0 Å². The molecule has 0 aromatic heterocycles. The number of methoxy groups -OCH3 is 3. The Labute approximate surface area is 75.4 Å². The van der Waals surface area contributed by atoms with Crippen molar-refractivity contribution in [2.45, 2.75) is 5.97 Å². The molecule has 0 heterocycles. The Morgan fingerprint density at radius 3 is 2.08 bits per heavy atom. The highest BCUT2D eigenvalue weighted by Crippen LogP contribution is 2.11. The molecule has 0 fully saturated rings. The molecule has 0 bridgehead atoms. The van der Waals surface area contributed by atoms with Crippen molar-refractivity contribution in [3.05, 3.63) is 12.3 Å². The average Bonchev–Trinajstić information content (AvgIpc) is 2.14. The van der Waals surface area contributed by atoms with Crippen LogP contribution in [0, 0.1) is 0 Å². The summed E-state index contributed by atoms with van der Waals surface area (Å²) in [7, 11) is 3.86. The minimum Gasteiger partial charge on any atom is -0.411 e. The Hall–Kier alpha value is -0.203. The molecule has 0 saturated heterocycles. The van der Waals surface area contributed by atoms with Crippen LogP contribution in [0.25, 0.3) is 0 Å². The molecule has 0 saturated carbocycles. The van der Waals surface area contributed by atoms with E-state index in [0.29, 0.717) is 0 Å². The maximum atomic E-state index is 5.27. The van der Waals surface area contributed by atoms with Crippen molar-refractivity contribution >= 4 is 9.76 Å². The third-order valence-corrected chi connectivity index (χ3v) is 2.12. The third kappa shape index (κ3) is 3.46. The van der Waals surface area contributed by atoms with Crippen molar-refractivity contribution in [1.29, 1.82) is 0 Å². The predicted molar refractivity (Wildman–Crippen MR) is 48.5 cm³/mol. The van der Waals surface area contributed by atoms with E-state index in [9.17, 15) is 0 Å². The molecule has 4 nitrogen and oxygen atoms in total. The molecule has 0 aromatic rings. The van der Waals surface area contributed by atoms with Gasteiger partial charge in [0.1, 0.15) is 6.61 Å². The van der Waals surface area contributed by atoms with Gasteiger partial charge in [-0.3, -0.25) is 0 Å². The fraction of sp³-hybridized carbons (Fsp3) is 0.714. The van der Waals surface area contributed by atoms with Gasteiger partial charge in [0.05, 0.1) is 0 Å². The highest BCUT2D eigenvalue weighted by atomic mass is 28.2. The van der Waals surface area contributed by atoms with Gasteiger partial charge in [0.25, 0.3) is 0 Å². The van der Waals surface area contributed by atoms with Gasteiger partial charge in [-0.15, -0.1) is 6.58 Å². The lowest BCUT2D eigenvalue weighted by atomic mass is 10.6. The lowest BCUT2D eigenvalue weighted by Gasteiger charge is -2.28. The van der Waals surface area contributed by atoms with E-state index in [0.717, 1.165) is 0 Å². The predicted octanol–water partition coefficient (Wildman–Crippen LogP) is -0.177. The molecule has 0 rings (SSSR count). The maximum absolute atomic E-state index is 5.27. The second kappa shape index (κ2) is 6.33. The van der Waals surface area contributed by atoms with Crippen LogP contribution in [-0.4, -0.2) is 43.7 Å². The van der Waals surface area contributed by atoms with Gasteiger partial charge in [0, 0.05) is 21.3 Å². The zero-order valence-corrected chi connectivity index (χ0v) is 9.25. The van der Waals surface area contributed by atoms with E-state index in [1.807, 2.05) is 0 Å². The van der Waals surface area contributed by atoms with E-state index < -0.39 is 15.7 Å². The smallest absolute Gasteiger partial charge is 0.305 e. The first kappa shape index (κ1) is 11.8. The molecule has 0 spiro atoms. The highest BCUT2D eigenvalue weighted by molar-refractivity contribution is 6.34. The van der Waals surface area contributed by atoms with E-state index in [-0.39, 0.29) is 6.61 Å². The summed E-state index contributed by atoms with van der Waals surface area (Å²) < 4.78 is 20.3. The Balaban J connectivity index is 3.84. The van der Waals surface area contributed by atoms with Crippen LogP contribution in [0.3, 0.4) is 0 Å². The average molecular weight is 192 g/mol. The number of hydrogen-bond donors (Lipinski definition) is 0. The van der Waals surface area contributed by atoms with Gasteiger partial charge < -0.3 is 18.6 Å². The van der Waals surface area contributed by atoms with E-state index in [4.69, 9.17) is 18.6 Å². The second-order valence-electron chi connectivity index (χ2n) is 2.10. The SMILES string of the molecule is C=C[SiH2]OCC(OC)(OC)OC. The van der Waals surface area contributed by atoms with Gasteiger partial charge in [0.15, 0.2) is 9.76 Å².